The fourth-order valence-electron chi connectivity index (χ4n) is 3.20. The molecule has 0 saturated carbocycles. The number of benzene rings is 1. The minimum atomic E-state index is -0.00146. The highest BCUT2D eigenvalue weighted by atomic mass is 16.2. The fraction of sp³-hybridized carbons (Fsp3) is 0.500. The van der Waals surface area contributed by atoms with Crippen LogP contribution in [0.5, 0.6) is 0 Å². The molecule has 1 fully saturated rings. The van der Waals surface area contributed by atoms with Gasteiger partial charge >= 0.3 is 0 Å². The molecule has 1 atom stereocenters. The van der Waals surface area contributed by atoms with Crippen molar-refractivity contribution in [3.63, 3.8) is 0 Å². The molecular formula is C16H21N3O2. The Hall–Kier alpha value is -1.88. The molecule has 2 heterocycles. The predicted molar refractivity (Wildman–Crippen MR) is 81.4 cm³/mol. The van der Waals surface area contributed by atoms with Crippen molar-refractivity contribution in [1.29, 1.82) is 0 Å². The lowest BCUT2D eigenvalue weighted by atomic mass is 10.0. The normalized spacial score (nSPS) is 20.8. The molecule has 5 heteroatoms. The molecule has 112 valence electrons. The van der Waals surface area contributed by atoms with E-state index in [1.807, 2.05) is 30.0 Å². The number of likely N-dealkylation sites (N-methyl/N-ethyl adjacent to an activating group) is 1. The van der Waals surface area contributed by atoms with Crippen molar-refractivity contribution in [3.8, 4) is 0 Å². The maximum atomic E-state index is 12.7. The van der Waals surface area contributed by atoms with E-state index in [4.69, 9.17) is 0 Å². The summed E-state index contributed by atoms with van der Waals surface area (Å²) in [7, 11) is 0. The van der Waals surface area contributed by atoms with Gasteiger partial charge in [0.1, 0.15) is 0 Å². The molecule has 2 aliphatic rings. The number of piperidine rings is 1. The van der Waals surface area contributed by atoms with Crippen LogP contribution >= 0.6 is 0 Å². The zero-order valence-electron chi connectivity index (χ0n) is 12.3. The SMILES string of the molecule is CCN(C(=O)c1ccc2c(c1)CC(=O)N2)C1CCCNC1. The number of anilines is 1. The summed E-state index contributed by atoms with van der Waals surface area (Å²) in [5.74, 6) is 0.0618. The molecule has 2 N–H and O–H groups in total. The molecule has 1 aromatic rings. The molecule has 1 saturated heterocycles. The highest BCUT2D eigenvalue weighted by Crippen LogP contribution is 2.25. The molecule has 3 rings (SSSR count). The Kier molecular flexibility index (Phi) is 3.92. The van der Waals surface area contributed by atoms with Crippen LogP contribution in [-0.2, 0) is 11.2 Å². The minimum Gasteiger partial charge on any atom is -0.335 e. The monoisotopic (exact) mass is 287 g/mol. The number of hydrogen-bond donors (Lipinski definition) is 2. The molecule has 0 spiro atoms. The van der Waals surface area contributed by atoms with E-state index in [1.165, 1.54) is 0 Å². The lowest BCUT2D eigenvalue weighted by Gasteiger charge is -2.34. The van der Waals surface area contributed by atoms with E-state index in [2.05, 4.69) is 10.6 Å². The van der Waals surface area contributed by atoms with Gasteiger partial charge in [-0.2, -0.15) is 0 Å². The Bertz CT molecular complexity index is 565. The quantitative estimate of drug-likeness (QED) is 0.883. The molecule has 0 aliphatic carbocycles. The van der Waals surface area contributed by atoms with Crippen molar-refractivity contribution in [1.82, 2.24) is 10.2 Å². The minimum absolute atomic E-state index is 0.00146. The van der Waals surface area contributed by atoms with Crippen LogP contribution in [0.1, 0.15) is 35.7 Å². The summed E-state index contributed by atoms with van der Waals surface area (Å²) < 4.78 is 0. The van der Waals surface area contributed by atoms with Crippen molar-refractivity contribution in [2.45, 2.75) is 32.2 Å². The average Bonchev–Trinajstić information content (AvgIpc) is 2.88. The standard InChI is InChI=1S/C16H21N3O2/c1-2-19(13-4-3-7-17-10-13)16(21)11-5-6-14-12(8-11)9-15(20)18-14/h5-6,8,13,17H,2-4,7,9-10H2,1H3,(H,18,20). The third-order valence-corrected chi connectivity index (χ3v) is 4.29. The van der Waals surface area contributed by atoms with Gasteiger partial charge in [-0.3, -0.25) is 9.59 Å². The van der Waals surface area contributed by atoms with Crippen LogP contribution in [0, 0.1) is 0 Å². The van der Waals surface area contributed by atoms with Crippen LogP contribution in [0.15, 0.2) is 18.2 Å². The first kappa shape index (κ1) is 14.1. The number of hydrogen-bond acceptors (Lipinski definition) is 3. The second-order valence-electron chi connectivity index (χ2n) is 5.69. The molecule has 0 bridgehead atoms. The second-order valence-corrected chi connectivity index (χ2v) is 5.69. The number of carbonyl (C=O) groups is 2. The van der Waals surface area contributed by atoms with Crippen LogP contribution in [0.2, 0.25) is 0 Å². The summed E-state index contributed by atoms with van der Waals surface area (Å²) in [5, 5.41) is 6.15. The number of fused-ring (bicyclic) bond motifs is 1. The third-order valence-electron chi connectivity index (χ3n) is 4.29. The smallest absolute Gasteiger partial charge is 0.254 e. The van der Waals surface area contributed by atoms with E-state index in [1.54, 1.807) is 0 Å². The van der Waals surface area contributed by atoms with Crippen molar-refractivity contribution in [2.24, 2.45) is 0 Å². The number of carbonyl (C=O) groups excluding carboxylic acids is 2. The molecule has 0 aromatic heterocycles. The second kappa shape index (κ2) is 5.85. The van der Waals surface area contributed by atoms with Gasteiger partial charge in [0.05, 0.1) is 6.42 Å². The van der Waals surface area contributed by atoms with Gasteiger partial charge in [0, 0.05) is 30.4 Å². The van der Waals surface area contributed by atoms with Gasteiger partial charge in [-0.15, -0.1) is 0 Å². The summed E-state index contributed by atoms with van der Waals surface area (Å²) in [4.78, 5) is 26.1. The number of amides is 2. The van der Waals surface area contributed by atoms with Crippen molar-refractivity contribution >= 4 is 17.5 Å². The first-order valence-electron chi connectivity index (χ1n) is 7.63. The molecule has 2 amide bonds. The summed E-state index contributed by atoms with van der Waals surface area (Å²) in [6.07, 6.45) is 2.53. The molecule has 1 unspecified atom stereocenters. The van der Waals surface area contributed by atoms with Gasteiger partial charge in [-0.25, -0.2) is 0 Å². The Morgan fingerprint density at radius 2 is 2.29 bits per heavy atom. The molecule has 21 heavy (non-hydrogen) atoms. The van der Waals surface area contributed by atoms with Crippen LogP contribution in [0.3, 0.4) is 0 Å². The highest BCUT2D eigenvalue weighted by molar-refractivity contribution is 6.01. The van der Waals surface area contributed by atoms with E-state index in [0.29, 0.717) is 18.5 Å². The highest BCUT2D eigenvalue weighted by Gasteiger charge is 2.26. The Balaban J connectivity index is 1.80. The van der Waals surface area contributed by atoms with E-state index < -0.39 is 0 Å². The van der Waals surface area contributed by atoms with Gasteiger partial charge in [0.2, 0.25) is 5.91 Å². The predicted octanol–water partition coefficient (Wildman–Crippen LogP) is 1.40. The van der Waals surface area contributed by atoms with Crippen LogP contribution in [0.4, 0.5) is 5.69 Å². The van der Waals surface area contributed by atoms with E-state index in [-0.39, 0.29) is 17.9 Å². The largest absolute Gasteiger partial charge is 0.335 e. The van der Waals surface area contributed by atoms with E-state index in [9.17, 15) is 9.59 Å². The van der Waals surface area contributed by atoms with Gasteiger partial charge < -0.3 is 15.5 Å². The molecule has 2 aliphatic heterocycles. The molecule has 0 radical (unpaired) electrons. The lowest BCUT2D eigenvalue weighted by Crippen LogP contribution is -2.48. The zero-order chi connectivity index (χ0) is 14.8. The van der Waals surface area contributed by atoms with Crippen LogP contribution < -0.4 is 10.6 Å². The molecule has 1 aromatic carbocycles. The first-order valence-corrected chi connectivity index (χ1v) is 7.63. The summed E-state index contributed by atoms with van der Waals surface area (Å²) >= 11 is 0. The van der Waals surface area contributed by atoms with Crippen molar-refractivity contribution < 1.29 is 9.59 Å². The maximum absolute atomic E-state index is 12.7. The van der Waals surface area contributed by atoms with Crippen LogP contribution in [-0.4, -0.2) is 42.4 Å². The number of nitrogens with one attached hydrogen (secondary N) is 2. The fourth-order valence-corrected chi connectivity index (χ4v) is 3.20. The summed E-state index contributed by atoms with van der Waals surface area (Å²) in [6, 6.07) is 5.77. The maximum Gasteiger partial charge on any atom is 0.254 e. The Morgan fingerprint density at radius 3 is 3.00 bits per heavy atom. The number of rotatable bonds is 3. The first-order chi connectivity index (χ1) is 10.2. The van der Waals surface area contributed by atoms with Gasteiger partial charge in [0.15, 0.2) is 0 Å². The molecule has 5 nitrogen and oxygen atoms in total. The van der Waals surface area contributed by atoms with Gasteiger partial charge in [-0.1, -0.05) is 0 Å². The number of nitrogens with zero attached hydrogens (tertiary/aromatic N) is 1. The van der Waals surface area contributed by atoms with E-state index in [0.717, 1.165) is 37.2 Å². The van der Waals surface area contributed by atoms with E-state index >= 15 is 0 Å². The Morgan fingerprint density at radius 1 is 1.43 bits per heavy atom. The Labute approximate surface area is 124 Å². The van der Waals surface area contributed by atoms with Crippen molar-refractivity contribution in [3.05, 3.63) is 29.3 Å². The van der Waals surface area contributed by atoms with Crippen molar-refractivity contribution in [2.75, 3.05) is 25.0 Å². The lowest BCUT2D eigenvalue weighted by molar-refractivity contribution is -0.115. The average molecular weight is 287 g/mol. The molecular weight excluding hydrogens is 266 g/mol. The third kappa shape index (κ3) is 2.78. The summed E-state index contributed by atoms with van der Waals surface area (Å²) in [6.45, 7) is 4.63. The zero-order valence-corrected chi connectivity index (χ0v) is 12.3. The summed E-state index contributed by atoms with van der Waals surface area (Å²) in [5.41, 5.74) is 2.43. The topological polar surface area (TPSA) is 61.4 Å². The van der Waals surface area contributed by atoms with Gasteiger partial charge in [0.25, 0.3) is 5.91 Å². The van der Waals surface area contributed by atoms with Gasteiger partial charge in [-0.05, 0) is 50.1 Å². The van der Waals surface area contributed by atoms with Crippen LogP contribution in [0.25, 0.3) is 0 Å².